The molecule has 2 aromatic carbocycles. The molecule has 0 aliphatic carbocycles. The van der Waals surface area contributed by atoms with Crippen LogP contribution in [0.3, 0.4) is 0 Å². The highest BCUT2D eigenvalue weighted by molar-refractivity contribution is 8.18. The number of hydrogen-bond donors (Lipinski definition) is 2. The van der Waals surface area contributed by atoms with Gasteiger partial charge >= 0.3 is 0 Å². The van der Waals surface area contributed by atoms with E-state index in [2.05, 4.69) is 15.3 Å². The lowest BCUT2D eigenvalue weighted by Crippen LogP contribution is -2.19. The number of aliphatic imine (C=N–C) groups is 1. The van der Waals surface area contributed by atoms with E-state index in [-0.39, 0.29) is 5.91 Å². The number of hydrogen-bond acceptors (Lipinski definition) is 5. The van der Waals surface area contributed by atoms with Crippen LogP contribution in [-0.2, 0) is 4.79 Å². The molecule has 132 valence electrons. The van der Waals surface area contributed by atoms with Gasteiger partial charge in [-0.25, -0.2) is 4.99 Å². The fraction of sp³-hybridized carbons (Fsp3) is 0. The molecule has 0 radical (unpaired) electrons. The van der Waals surface area contributed by atoms with Crippen LogP contribution in [0.1, 0.15) is 15.9 Å². The second kappa shape index (κ2) is 7.05. The van der Waals surface area contributed by atoms with Crippen LogP contribution in [0.4, 0.5) is 5.69 Å². The summed E-state index contributed by atoms with van der Waals surface area (Å²) in [6, 6.07) is 16.3. The predicted octanol–water partition coefficient (Wildman–Crippen LogP) is 3.23. The van der Waals surface area contributed by atoms with Crippen LogP contribution in [0, 0.1) is 0 Å². The van der Waals surface area contributed by atoms with Gasteiger partial charge in [0.05, 0.1) is 16.1 Å². The second-order valence-electron chi connectivity index (χ2n) is 5.85. The smallest absolute Gasteiger partial charge is 0.264 e. The maximum Gasteiger partial charge on any atom is 0.264 e. The molecule has 0 unspecified atom stereocenters. The molecule has 1 saturated heterocycles. The van der Waals surface area contributed by atoms with E-state index in [1.807, 2.05) is 36.4 Å². The van der Waals surface area contributed by atoms with Crippen LogP contribution in [-0.4, -0.2) is 22.0 Å². The van der Waals surface area contributed by atoms with E-state index >= 15 is 0 Å². The van der Waals surface area contributed by atoms with Crippen molar-refractivity contribution in [2.45, 2.75) is 0 Å². The van der Waals surface area contributed by atoms with E-state index in [4.69, 9.17) is 5.73 Å². The molecule has 1 aliphatic heterocycles. The number of nitrogens with zero attached hydrogens (tertiary/aromatic N) is 2. The Morgan fingerprint density at radius 2 is 1.96 bits per heavy atom. The number of aromatic nitrogens is 1. The average molecular weight is 374 g/mol. The molecule has 2 heterocycles. The van der Waals surface area contributed by atoms with Crippen molar-refractivity contribution < 1.29 is 9.59 Å². The molecule has 1 aliphatic rings. The van der Waals surface area contributed by atoms with E-state index in [9.17, 15) is 9.59 Å². The summed E-state index contributed by atoms with van der Waals surface area (Å²) >= 11 is 1.27. The molecule has 0 spiro atoms. The minimum atomic E-state index is -0.492. The normalized spacial score (nSPS) is 16.8. The molecular formula is C20H14N4O2S. The lowest BCUT2D eigenvalue weighted by Gasteiger charge is -1.99. The number of rotatable bonds is 3. The van der Waals surface area contributed by atoms with Crippen LogP contribution < -0.4 is 11.1 Å². The number of amides is 2. The second-order valence-corrected chi connectivity index (χ2v) is 6.88. The van der Waals surface area contributed by atoms with Crippen molar-refractivity contribution in [1.82, 2.24) is 10.3 Å². The Balaban J connectivity index is 1.57. The van der Waals surface area contributed by atoms with Crippen LogP contribution in [0.25, 0.3) is 17.0 Å². The summed E-state index contributed by atoms with van der Waals surface area (Å²) < 4.78 is 0. The molecule has 6 nitrogen and oxygen atoms in total. The van der Waals surface area contributed by atoms with Gasteiger partial charge in [0.15, 0.2) is 5.17 Å². The number of amidine groups is 1. The Kier molecular flexibility index (Phi) is 4.43. The molecule has 3 N–H and O–H groups in total. The van der Waals surface area contributed by atoms with E-state index in [1.54, 1.807) is 30.5 Å². The third-order valence-corrected chi connectivity index (χ3v) is 4.87. The summed E-state index contributed by atoms with van der Waals surface area (Å²) in [7, 11) is 0. The van der Waals surface area contributed by atoms with Gasteiger partial charge in [-0.2, -0.15) is 0 Å². The number of benzene rings is 2. The van der Waals surface area contributed by atoms with Crippen molar-refractivity contribution in [2.75, 3.05) is 0 Å². The number of nitrogens with one attached hydrogen (secondary N) is 1. The Morgan fingerprint density at radius 1 is 1.15 bits per heavy atom. The maximum absolute atomic E-state index is 12.2. The molecule has 0 atom stereocenters. The molecule has 27 heavy (non-hydrogen) atoms. The Morgan fingerprint density at radius 3 is 2.74 bits per heavy atom. The van der Waals surface area contributed by atoms with E-state index in [0.717, 1.165) is 16.5 Å². The monoisotopic (exact) mass is 374 g/mol. The van der Waals surface area contributed by atoms with Crippen LogP contribution in [0.2, 0.25) is 0 Å². The topological polar surface area (TPSA) is 97.4 Å². The zero-order valence-corrected chi connectivity index (χ0v) is 14.9. The van der Waals surface area contributed by atoms with Gasteiger partial charge in [0.2, 0.25) is 5.91 Å². The van der Waals surface area contributed by atoms with Crippen molar-refractivity contribution in [3.63, 3.8) is 0 Å². The highest BCUT2D eigenvalue weighted by Crippen LogP contribution is 2.28. The summed E-state index contributed by atoms with van der Waals surface area (Å²) in [5.41, 5.74) is 8.08. The quantitative estimate of drug-likeness (QED) is 0.688. The van der Waals surface area contributed by atoms with E-state index in [0.29, 0.717) is 21.3 Å². The summed E-state index contributed by atoms with van der Waals surface area (Å²) in [5.74, 6) is -0.688. The van der Waals surface area contributed by atoms with Gasteiger partial charge in [-0.05, 0) is 65.9 Å². The molecule has 1 fully saturated rings. The summed E-state index contributed by atoms with van der Waals surface area (Å²) in [5, 5.41) is 4.25. The maximum atomic E-state index is 12.2. The van der Waals surface area contributed by atoms with Crippen molar-refractivity contribution in [3.8, 4) is 0 Å². The summed E-state index contributed by atoms with van der Waals surface area (Å²) in [4.78, 5) is 32.6. The van der Waals surface area contributed by atoms with Crippen molar-refractivity contribution in [1.29, 1.82) is 0 Å². The largest absolute Gasteiger partial charge is 0.366 e. The molecule has 7 heteroatoms. The summed E-state index contributed by atoms with van der Waals surface area (Å²) in [6.45, 7) is 0. The lowest BCUT2D eigenvalue weighted by molar-refractivity contribution is -0.115. The van der Waals surface area contributed by atoms with Gasteiger partial charge in [-0.1, -0.05) is 12.1 Å². The number of pyridine rings is 1. The Hall–Kier alpha value is -3.45. The highest BCUT2D eigenvalue weighted by atomic mass is 32.2. The third-order valence-electron chi connectivity index (χ3n) is 3.96. The van der Waals surface area contributed by atoms with E-state index < -0.39 is 5.91 Å². The van der Waals surface area contributed by atoms with Crippen LogP contribution >= 0.6 is 11.8 Å². The third kappa shape index (κ3) is 3.73. The number of nitrogens with two attached hydrogens (primary N) is 1. The minimum absolute atomic E-state index is 0.196. The first-order chi connectivity index (χ1) is 13.1. The minimum Gasteiger partial charge on any atom is -0.366 e. The number of carbonyl (C=O) groups is 2. The lowest BCUT2D eigenvalue weighted by atomic mass is 10.1. The van der Waals surface area contributed by atoms with Crippen LogP contribution in [0.5, 0.6) is 0 Å². The van der Waals surface area contributed by atoms with Gasteiger partial charge < -0.3 is 11.1 Å². The van der Waals surface area contributed by atoms with Gasteiger partial charge in [-0.15, -0.1) is 0 Å². The van der Waals surface area contributed by atoms with Gasteiger partial charge in [0.25, 0.3) is 5.91 Å². The van der Waals surface area contributed by atoms with Crippen molar-refractivity contribution in [3.05, 3.63) is 76.8 Å². The molecule has 0 saturated carbocycles. The van der Waals surface area contributed by atoms with Crippen molar-refractivity contribution in [2.24, 2.45) is 10.7 Å². The molecular weight excluding hydrogens is 360 g/mol. The first-order valence-electron chi connectivity index (χ1n) is 8.13. The van der Waals surface area contributed by atoms with E-state index in [1.165, 1.54) is 11.8 Å². The first-order valence-corrected chi connectivity index (χ1v) is 8.94. The Labute approximate surface area is 159 Å². The highest BCUT2D eigenvalue weighted by Gasteiger charge is 2.23. The van der Waals surface area contributed by atoms with Gasteiger partial charge in [0.1, 0.15) is 0 Å². The Bertz CT molecular complexity index is 1120. The fourth-order valence-corrected chi connectivity index (χ4v) is 3.48. The number of carbonyl (C=O) groups excluding carboxylic acids is 2. The molecule has 3 aromatic rings. The zero-order chi connectivity index (χ0) is 18.8. The van der Waals surface area contributed by atoms with Crippen LogP contribution in [0.15, 0.2) is 70.7 Å². The molecule has 4 rings (SSSR count). The average Bonchev–Trinajstić information content (AvgIpc) is 3.01. The summed E-state index contributed by atoms with van der Waals surface area (Å²) in [6.07, 6.45) is 3.57. The number of thioether (sulfide) groups is 1. The zero-order valence-electron chi connectivity index (χ0n) is 14.0. The van der Waals surface area contributed by atoms with Crippen molar-refractivity contribution >= 4 is 51.4 Å². The molecule has 1 aromatic heterocycles. The predicted molar refractivity (Wildman–Crippen MR) is 108 cm³/mol. The fourth-order valence-electron chi connectivity index (χ4n) is 2.63. The molecule has 0 bridgehead atoms. The van der Waals surface area contributed by atoms with Gasteiger partial charge in [0, 0.05) is 17.1 Å². The first kappa shape index (κ1) is 17.0. The van der Waals surface area contributed by atoms with Gasteiger partial charge in [-0.3, -0.25) is 14.6 Å². The number of primary amides is 1. The molecule has 2 amide bonds. The standard InChI is InChI=1S/C20H14N4O2S/c21-18(25)13-4-6-15(7-5-13)23-20-24-19(26)17(27-20)11-12-3-8-16-14(10-12)2-1-9-22-16/h1-11H,(H2,21,25)(H,23,24,26). The number of fused-ring (bicyclic) bond motifs is 1. The SMILES string of the molecule is NC(=O)c1ccc(N=C2NC(=O)C(=Cc3ccc4ncccc4c3)S2)cc1.